The number of benzene rings is 2. The lowest BCUT2D eigenvalue weighted by atomic mass is 9.88. The molecule has 4 aromatic rings. The SMILES string of the molecule is CCCCNc1nc(N)nc2cnn(Cc3ccc(CN(C(=O)OCc4ccc(CC(=O)[C@H](CCCNC(N)=O)NC(=O)[C@@H](CC(=O)CCOCCOCCOCCOCCN)C(C)C)cc4)C4CCC4)cc3OC)c12. The van der Waals surface area contributed by atoms with Gasteiger partial charge < -0.3 is 66.5 Å². The van der Waals surface area contributed by atoms with Crippen LogP contribution in [0, 0.1) is 11.8 Å². The van der Waals surface area contributed by atoms with Crippen LogP contribution in [-0.2, 0) is 64.2 Å². The average Bonchev–Trinajstić information content (AvgIpc) is 3.78. The third kappa shape index (κ3) is 20.2. The van der Waals surface area contributed by atoms with Crippen molar-refractivity contribution in [2.45, 2.75) is 117 Å². The molecule has 2 aromatic carbocycles. The normalized spacial score (nSPS) is 13.2. The fraction of sp³-hybridized carbons (Fsp3) is 0.593. The summed E-state index contributed by atoms with van der Waals surface area (Å²) < 4.78 is 35.3. The fourth-order valence-corrected chi connectivity index (χ4v) is 8.49. The quantitative estimate of drug-likeness (QED) is 0.0320. The number of methoxy groups -OCH3 is 1. The summed E-state index contributed by atoms with van der Waals surface area (Å²) in [5.74, 6) is -0.191. The number of ketones is 2. The molecule has 418 valence electrons. The van der Waals surface area contributed by atoms with E-state index in [0.717, 1.165) is 60.9 Å². The number of carbonyl (C=O) groups is 5. The number of unbranched alkanes of at least 4 members (excludes halogenated alkanes) is 1. The van der Waals surface area contributed by atoms with E-state index in [-0.39, 0.29) is 74.9 Å². The first-order chi connectivity index (χ1) is 36.8. The number of anilines is 2. The minimum Gasteiger partial charge on any atom is -0.496 e. The van der Waals surface area contributed by atoms with Crippen molar-refractivity contribution in [3.8, 4) is 5.75 Å². The molecule has 2 aromatic heterocycles. The zero-order valence-corrected chi connectivity index (χ0v) is 44.9. The second kappa shape index (κ2) is 32.9. The molecule has 0 radical (unpaired) electrons. The van der Waals surface area contributed by atoms with E-state index >= 15 is 0 Å². The van der Waals surface area contributed by atoms with Gasteiger partial charge in [0.15, 0.2) is 11.6 Å². The molecule has 5 rings (SSSR count). The Kier molecular flexibility index (Phi) is 26.1. The number of Topliss-reactive ketones (excluding diaryl/α,β-unsaturated/α-hetero) is 2. The number of amides is 4. The molecule has 1 fully saturated rings. The van der Waals surface area contributed by atoms with Gasteiger partial charge in [0, 0.05) is 63.0 Å². The highest BCUT2D eigenvalue weighted by molar-refractivity contribution is 5.93. The Morgan fingerprint density at radius 3 is 2.16 bits per heavy atom. The summed E-state index contributed by atoms with van der Waals surface area (Å²) in [6.45, 7) is 11.1. The van der Waals surface area contributed by atoms with Gasteiger partial charge in [-0.05, 0) is 67.2 Å². The number of primary amides is 1. The maximum Gasteiger partial charge on any atom is 0.410 e. The van der Waals surface area contributed by atoms with Crippen molar-refractivity contribution in [3.63, 3.8) is 0 Å². The number of nitrogens with two attached hydrogens (primary N) is 3. The predicted octanol–water partition coefficient (Wildman–Crippen LogP) is 5.06. The summed E-state index contributed by atoms with van der Waals surface area (Å²) in [6, 6.07) is 11.6. The molecule has 9 N–H and O–H groups in total. The van der Waals surface area contributed by atoms with Crippen LogP contribution in [0.4, 0.5) is 21.4 Å². The third-order valence-electron chi connectivity index (χ3n) is 13.0. The molecule has 22 nitrogen and oxygen atoms in total. The van der Waals surface area contributed by atoms with E-state index in [4.69, 9.17) is 45.6 Å². The van der Waals surface area contributed by atoms with Crippen molar-refractivity contribution in [3.05, 3.63) is 70.9 Å². The Morgan fingerprint density at radius 2 is 1.53 bits per heavy atom. The second-order valence-corrected chi connectivity index (χ2v) is 19.2. The Labute approximate surface area is 446 Å². The van der Waals surface area contributed by atoms with E-state index in [9.17, 15) is 24.0 Å². The zero-order chi connectivity index (χ0) is 54.7. The van der Waals surface area contributed by atoms with E-state index < -0.39 is 30.0 Å². The van der Waals surface area contributed by atoms with Crippen molar-refractivity contribution in [2.75, 3.05) is 90.6 Å². The number of ether oxygens (including phenoxy) is 6. The number of aromatic nitrogens is 4. The molecule has 0 bridgehead atoms. The number of nitrogen functional groups attached to an aromatic ring is 1. The third-order valence-corrected chi connectivity index (χ3v) is 13.0. The average molecular weight is 1060 g/mol. The Morgan fingerprint density at radius 1 is 0.855 bits per heavy atom. The summed E-state index contributed by atoms with van der Waals surface area (Å²) in [6.07, 6.45) is 6.75. The van der Waals surface area contributed by atoms with Crippen LogP contribution in [-0.4, -0.2) is 146 Å². The molecule has 22 heteroatoms. The second-order valence-electron chi connectivity index (χ2n) is 19.2. The van der Waals surface area contributed by atoms with Crippen molar-refractivity contribution < 1.29 is 52.4 Å². The molecule has 2 heterocycles. The molecule has 76 heavy (non-hydrogen) atoms. The van der Waals surface area contributed by atoms with Crippen LogP contribution in [0.5, 0.6) is 5.75 Å². The largest absolute Gasteiger partial charge is 0.496 e. The smallest absolute Gasteiger partial charge is 0.410 e. The Hall–Kier alpha value is -6.46. The monoisotopic (exact) mass is 1060 g/mol. The number of nitrogens with zero attached hydrogens (tertiary/aromatic N) is 5. The van der Waals surface area contributed by atoms with Crippen molar-refractivity contribution in [1.29, 1.82) is 0 Å². The molecule has 1 saturated carbocycles. The van der Waals surface area contributed by atoms with Crippen LogP contribution in [0.2, 0.25) is 0 Å². The van der Waals surface area contributed by atoms with Gasteiger partial charge in [-0.25, -0.2) is 14.6 Å². The minimum absolute atomic E-state index is 0.00882. The summed E-state index contributed by atoms with van der Waals surface area (Å²) in [5, 5.41) is 13.4. The first-order valence-electron chi connectivity index (χ1n) is 26.6. The van der Waals surface area contributed by atoms with E-state index in [1.54, 1.807) is 30.3 Å². The fourth-order valence-electron chi connectivity index (χ4n) is 8.49. The highest BCUT2D eigenvalue weighted by atomic mass is 16.6. The van der Waals surface area contributed by atoms with Gasteiger partial charge in [0.25, 0.3) is 0 Å². The lowest BCUT2D eigenvalue weighted by Gasteiger charge is -2.37. The standard InChI is InChI=1S/C54H81N11O11/c1-5-6-20-58-50-49-46(62-52(56)63-50)33-60-65(49)35-41-17-16-40(31-48(41)71-4)34-64(42-9-7-10-42)54(70)76-36-39-14-12-38(13-15-39)30-47(67)45(11-8-21-59-53(57)69)61-51(68)44(37(2)3)32-43(66)18-22-72-24-26-74-28-29-75-27-25-73-23-19-55/h12-17,31,33,37,42,44-45H,5-11,18-30,32,34-36,55H2,1-4H3,(H,61,68)(H3,57,59,69)(H3,56,58,62,63)/t44-,45-/m0/s1. The number of carbonyl (C=O) groups excluding carboxylic acids is 5. The number of urea groups is 1. The van der Waals surface area contributed by atoms with Gasteiger partial charge in [0.1, 0.15) is 29.2 Å². The number of rotatable bonds is 38. The molecular weight excluding hydrogens is 979 g/mol. The lowest BCUT2D eigenvalue weighted by molar-refractivity contribution is -0.134. The predicted molar refractivity (Wildman–Crippen MR) is 287 cm³/mol. The first kappa shape index (κ1) is 60.4. The molecule has 0 saturated heterocycles. The molecule has 0 aliphatic heterocycles. The molecule has 1 aliphatic carbocycles. The first-order valence-corrected chi connectivity index (χ1v) is 26.6. The summed E-state index contributed by atoms with van der Waals surface area (Å²) in [7, 11) is 1.62. The van der Waals surface area contributed by atoms with Crippen molar-refractivity contribution >= 4 is 52.4 Å². The summed E-state index contributed by atoms with van der Waals surface area (Å²) >= 11 is 0. The van der Waals surface area contributed by atoms with E-state index in [1.165, 1.54) is 0 Å². The van der Waals surface area contributed by atoms with Crippen LogP contribution in [0.1, 0.15) is 101 Å². The topological polar surface area (TPSA) is 302 Å². The number of hydrogen-bond acceptors (Lipinski definition) is 17. The highest BCUT2D eigenvalue weighted by Crippen LogP contribution is 2.30. The van der Waals surface area contributed by atoms with Crippen LogP contribution >= 0.6 is 0 Å². The van der Waals surface area contributed by atoms with Gasteiger partial charge in [-0.1, -0.05) is 63.6 Å². The number of hydrogen-bond donors (Lipinski definition) is 6. The molecule has 0 spiro atoms. The maximum absolute atomic E-state index is 13.9. The van der Waals surface area contributed by atoms with Gasteiger partial charge >= 0.3 is 12.1 Å². The number of fused-ring (bicyclic) bond motifs is 1. The van der Waals surface area contributed by atoms with Crippen LogP contribution in [0.3, 0.4) is 0 Å². The van der Waals surface area contributed by atoms with Gasteiger partial charge in [-0.2, -0.15) is 10.1 Å². The minimum atomic E-state index is -0.885. The van der Waals surface area contributed by atoms with Gasteiger partial charge in [0.05, 0.1) is 78.7 Å². The highest BCUT2D eigenvalue weighted by Gasteiger charge is 2.31. The van der Waals surface area contributed by atoms with Crippen LogP contribution < -0.4 is 37.9 Å². The van der Waals surface area contributed by atoms with Gasteiger partial charge in [-0.15, -0.1) is 0 Å². The van der Waals surface area contributed by atoms with Gasteiger partial charge in [-0.3, -0.25) is 19.1 Å². The molecule has 2 atom stereocenters. The van der Waals surface area contributed by atoms with Gasteiger partial charge in [0.2, 0.25) is 11.9 Å². The Bertz CT molecular complexity index is 2430. The summed E-state index contributed by atoms with van der Waals surface area (Å²) in [5.41, 5.74) is 21.2. The Balaban J connectivity index is 1.12. The molecule has 1 aliphatic rings. The zero-order valence-electron chi connectivity index (χ0n) is 44.9. The number of nitrogens with one attached hydrogen (secondary N) is 3. The van der Waals surface area contributed by atoms with Crippen LogP contribution in [0.15, 0.2) is 48.7 Å². The van der Waals surface area contributed by atoms with E-state index in [1.807, 2.05) is 48.9 Å². The van der Waals surface area contributed by atoms with Crippen molar-refractivity contribution in [2.24, 2.45) is 23.3 Å². The summed E-state index contributed by atoms with van der Waals surface area (Å²) in [4.78, 5) is 76.4. The molecular formula is C54H81N11O11. The van der Waals surface area contributed by atoms with Crippen molar-refractivity contribution in [1.82, 2.24) is 35.3 Å². The van der Waals surface area contributed by atoms with Crippen LogP contribution in [0.25, 0.3) is 11.0 Å². The van der Waals surface area contributed by atoms with E-state index in [2.05, 4.69) is 37.9 Å². The van der Waals surface area contributed by atoms with E-state index in [0.29, 0.717) is 95.0 Å². The maximum atomic E-state index is 13.9. The molecule has 0 unspecified atom stereocenters. The molecule has 4 amide bonds. The lowest BCUT2D eigenvalue weighted by Crippen LogP contribution is -2.46.